The van der Waals surface area contributed by atoms with Crippen LogP contribution in [-0.2, 0) is 14.8 Å². The molecular formula is C23H27N5O4S. The quantitative estimate of drug-likeness (QED) is 0.595. The Morgan fingerprint density at radius 1 is 1.15 bits per heavy atom. The summed E-state index contributed by atoms with van der Waals surface area (Å²) in [6, 6.07) is 10.3. The number of hydrogen-bond donors (Lipinski definition) is 1. The Bertz CT molecular complexity index is 1250. The van der Waals surface area contributed by atoms with Crippen molar-refractivity contribution in [2.24, 2.45) is 0 Å². The molecule has 0 radical (unpaired) electrons. The smallest absolute Gasteiger partial charge is 0.259 e. The number of hydrogen-bond acceptors (Lipinski definition) is 6. The predicted molar refractivity (Wildman–Crippen MR) is 124 cm³/mol. The number of carbonyl (C=O) groups excluding carboxylic acids is 1. The first-order valence-corrected chi connectivity index (χ1v) is 12.2. The summed E-state index contributed by atoms with van der Waals surface area (Å²) < 4.78 is 34.4. The standard InChI is InChI=1S/C23H27N5O4S/c1-16(2)22-19(15-25-28(22)21-6-4-5-9-24-21)23(29)26-20-14-18(8-7-17(20)3)33(30,31)27-10-12-32-13-11-27/h4-9,14-16H,10-13H2,1-3H3,(H,26,29). The predicted octanol–water partition coefficient (Wildman–Crippen LogP) is 2.97. The fourth-order valence-corrected chi connectivity index (χ4v) is 5.21. The summed E-state index contributed by atoms with van der Waals surface area (Å²) in [7, 11) is -3.68. The Labute approximate surface area is 193 Å². The Morgan fingerprint density at radius 3 is 2.58 bits per heavy atom. The van der Waals surface area contributed by atoms with Gasteiger partial charge in [-0.05, 0) is 42.7 Å². The summed E-state index contributed by atoms with van der Waals surface area (Å²) in [6.07, 6.45) is 3.19. The van der Waals surface area contributed by atoms with Crippen LogP contribution in [0.5, 0.6) is 0 Å². The van der Waals surface area contributed by atoms with Gasteiger partial charge in [-0.2, -0.15) is 9.40 Å². The number of pyridine rings is 1. The fourth-order valence-electron chi connectivity index (χ4n) is 3.77. The number of ether oxygens (including phenoxy) is 1. The number of anilines is 1. The number of carbonyl (C=O) groups is 1. The molecule has 1 saturated heterocycles. The fraction of sp³-hybridized carbons (Fsp3) is 0.348. The van der Waals surface area contributed by atoms with Gasteiger partial charge in [0.1, 0.15) is 0 Å². The molecule has 2 aromatic heterocycles. The topological polar surface area (TPSA) is 106 Å². The van der Waals surface area contributed by atoms with Crippen molar-refractivity contribution in [1.82, 2.24) is 19.1 Å². The van der Waals surface area contributed by atoms with E-state index in [2.05, 4.69) is 15.4 Å². The third-order valence-corrected chi connectivity index (χ3v) is 7.42. The number of aryl methyl sites for hydroxylation is 1. The van der Waals surface area contributed by atoms with Crippen molar-refractivity contribution in [2.45, 2.75) is 31.6 Å². The van der Waals surface area contributed by atoms with E-state index in [1.807, 2.05) is 39.0 Å². The van der Waals surface area contributed by atoms with Crippen LogP contribution in [0.3, 0.4) is 0 Å². The first kappa shape index (κ1) is 23.1. The van der Waals surface area contributed by atoms with Crippen molar-refractivity contribution in [1.29, 1.82) is 0 Å². The van der Waals surface area contributed by atoms with Crippen molar-refractivity contribution >= 4 is 21.6 Å². The van der Waals surface area contributed by atoms with E-state index >= 15 is 0 Å². The molecule has 1 aliphatic heterocycles. The molecule has 1 amide bonds. The van der Waals surface area contributed by atoms with Gasteiger partial charge in [0.25, 0.3) is 5.91 Å². The molecule has 33 heavy (non-hydrogen) atoms. The number of nitrogens with one attached hydrogen (secondary N) is 1. The maximum Gasteiger partial charge on any atom is 0.259 e. The monoisotopic (exact) mass is 469 g/mol. The molecule has 1 aromatic carbocycles. The molecule has 3 aromatic rings. The van der Waals surface area contributed by atoms with Gasteiger partial charge in [-0.15, -0.1) is 0 Å². The minimum atomic E-state index is -3.68. The highest BCUT2D eigenvalue weighted by Gasteiger charge is 2.27. The number of rotatable bonds is 6. The van der Waals surface area contributed by atoms with Crippen LogP contribution in [0.2, 0.25) is 0 Å². The van der Waals surface area contributed by atoms with E-state index in [9.17, 15) is 13.2 Å². The number of aromatic nitrogens is 3. The van der Waals surface area contributed by atoms with Gasteiger partial charge in [-0.25, -0.2) is 18.1 Å². The largest absolute Gasteiger partial charge is 0.379 e. The first-order chi connectivity index (χ1) is 15.8. The molecule has 1 aliphatic rings. The lowest BCUT2D eigenvalue weighted by Gasteiger charge is -2.26. The Hall–Kier alpha value is -3.08. The zero-order chi connectivity index (χ0) is 23.6. The van der Waals surface area contributed by atoms with Crippen molar-refractivity contribution in [3.63, 3.8) is 0 Å². The van der Waals surface area contributed by atoms with Crippen LogP contribution in [0.1, 0.15) is 41.4 Å². The lowest BCUT2D eigenvalue weighted by atomic mass is 10.0. The minimum absolute atomic E-state index is 0.00406. The molecule has 0 spiro atoms. The van der Waals surface area contributed by atoms with Crippen LogP contribution >= 0.6 is 0 Å². The van der Waals surface area contributed by atoms with E-state index in [1.165, 1.54) is 16.6 Å². The van der Waals surface area contributed by atoms with E-state index in [0.29, 0.717) is 43.4 Å². The van der Waals surface area contributed by atoms with Gasteiger partial charge in [0, 0.05) is 25.0 Å². The van der Waals surface area contributed by atoms with E-state index in [0.717, 1.165) is 11.3 Å². The minimum Gasteiger partial charge on any atom is -0.379 e. The van der Waals surface area contributed by atoms with Crippen LogP contribution in [-0.4, -0.2) is 59.7 Å². The summed E-state index contributed by atoms with van der Waals surface area (Å²) in [5.74, 6) is 0.268. The second kappa shape index (κ2) is 9.42. The van der Waals surface area contributed by atoms with Crippen molar-refractivity contribution < 1.29 is 17.9 Å². The van der Waals surface area contributed by atoms with Crippen LogP contribution in [0.25, 0.3) is 5.82 Å². The van der Waals surface area contributed by atoms with Crippen molar-refractivity contribution in [3.8, 4) is 5.82 Å². The number of benzene rings is 1. The van der Waals surface area contributed by atoms with E-state index in [4.69, 9.17) is 4.74 Å². The maximum atomic E-state index is 13.2. The van der Waals surface area contributed by atoms with Gasteiger partial charge in [0.2, 0.25) is 10.0 Å². The molecule has 4 rings (SSSR count). The molecule has 0 bridgehead atoms. The highest BCUT2D eigenvalue weighted by molar-refractivity contribution is 7.89. The number of amides is 1. The Kier molecular flexibility index (Phi) is 6.59. The van der Waals surface area contributed by atoms with Crippen LogP contribution in [0, 0.1) is 6.92 Å². The van der Waals surface area contributed by atoms with Gasteiger partial charge < -0.3 is 10.1 Å². The number of sulfonamides is 1. The third kappa shape index (κ3) is 4.68. The molecule has 0 unspecified atom stereocenters. The lowest BCUT2D eigenvalue weighted by molar-refractivity contribution is 0.0730. The van der Waals surface area contributed by atoms with Gasteiger partial charge in [0.15, 0.2) is 5.82 Å². The molecule has 0 aliphatic carbocycles. The summed E-state index contributed by atoms with van der Waals surface area (Å²) in [5, 5.41) is 7.27. The molecule has 0 saturated carbocycles. The average Bonchev–Trinajstić information content (AvgIpc) is 3.27. The molecule has 10 heteroatoms. The lowest BCUT2D eigenvalue weighted by Crippen LogP contribution is -2.40. The number of morpholine rings is 1. The molecule has 0 atom stereocenters. The normalized spacial score (nSPS) is 15.0. The second-order valence-electron chi connectivity index (χ2n) is 8.15. The van der Waals surface area contributed by atoms with E-state index < -0.39 is 10.0 Å². The maximum absolute atomic E-state index is 13.2. The summed E-state index contributed by atoms with van der Waals surface area (Å²) in [4.78, 5) is 17.7. The highest BCUT2D eigenvalue weighted by atomic mass is 32.2. The Balaban J connectivity index is 1.64. The SMILES string of the molecule is Cc1ccc(S(=O)(=O)N2CCOCC2)cc1NC(=O)c1cnn(-c2ccccn2)c1C(C)C. The van der Waals surface area contributed by atoms with Crippen molar-refractivity contribution in [2.75, 3.05) is 31.6 Å². The summed E-state index contributed by atoms with van der Waals surface area (Å²) in [6.45, 7) is 7.13. The van der Waals surface area contributed by atoms with Crippen molar-refractivity contribution in [3.05, 3.63) is 65.6 Å². The number of nitrogens with zero attached hydrogens (tertiary/aromatic N) is 4. The van der Waals surface area contributed by atoms with Crippen LogP contribution in [0.4, 0.5) is 5.69 Å². The van der Waals surface area contributed by atoms with Gasteiger partial charge in [-0.3, -0.25) is 4.79 Å². The molecule has 1 N–H and O–H groups in total. The molecule has 3 heterocycles. The average molecular weight is 470 g/mol. The zero-order valence-electron chi connectivity index (χ0n) is 18.9. The zero-order valence-corrected chi connectivity index (χ0v) is 19.7. The highest BCUT2D eigenvalue weighted by Crippen LogP contribution is 2.26. The molecule has 1 fully saturated rings. The van der Waals surface area contributed by atoms with E-state index in [-0.39, 0.29) is 16.7 Å². The first-order valence-electron chi connectivity index (χ1n) is 10.8. The van der Waals surface area contributed by atoms with Gasteiger partial charge >= 0.3 is 0 Å². The van der Waals surface area contributed by atoms with Crippen LogP contribution < -0.4 is 5.32 Å². The Morgan fingerprint density at radius 2 is 1.91 bits per heavy atom. The van der Waals surface area contributed by atoms with Gasteiger partial charge in [0.05, 0.1) is 35.6 Å². The third-order valence-electron chi connectivity index (χ3n) is 5.53. The van der Waals surface area contributed by atoms with Crippen LogP contribution in [0.15, 0.2) is 53.7 Å². The molecule has 174 valence electrons. The summed E-state index contributed by atoms with van der Waals surface area (Å²) >= 11 is 0. The molecule has 9 nitrogen and oxygen atoms in total. The second-order valence-corrected chi connectivity index (χ2v) is 10.1. The summed E-state index contributed by atoms with van der Waals surface area (Å²) in [5.41, 5.74) is 2.33. The van der Waals surface area contributed by atoms with E-state index in [1.54, 1.807) is 23.0 Å². The molecular weight excluding hydrogens is 442 g/mol. The van der Waals surface area contributed by atoms with Gasteiger partial charge in [-0.1, -0.05) is 26.0 Å².